The minimum Gasteiger partial charge on any atom is -0.486 e. The monoisotopic (exact) mass is 404 g/mol. The van der Waals surface area contributed by atoms with Crippen LogP contribution in [0.1, 0.15) is 32.6 Å². The molecule has 0 saturated carbocycles. The maximum absolute atomic E-state index is 12.8. The summed E-state index contributed by atoms with van der Waals surface area (Å²) in [5, 5.41) is 3.36. The molecule has 0 radical (unpaired) electrons. The van der Waals surface area contributed by atoms with Gasteiger partial charge in [0.1, 0.15) is 13.2 Å². The topological polar surface area (TPSA) is 50.8 Å². The van der Waals surface area contributed by atoms with Gasteiger partial charge in [-0.3, -0.25) is 10.1 Å². The van der Waals surface area contributed by atoms with Gasteiger partial charge in [-0.15, -0.1) is 0 Å². The largest absolute Gasteiger partial charge is 0.486 e. The fraction of sp³-hybridized carbons (Fsp3) is 0.320. The molecule has 0 spiro atoms. The molecule has 30 heavy (non-hydrogen) atoms. The SMILES string of the molecule is Cc1cc2c(cc1C1=CN(C)C(NCC(=O)c3c(C)cccc3C)C=C1)OCCO2. The molecule has 2 heterocycles. The van der Waals surface area contributed by atoms with Crippen LogP contribution in [0.15, 0.2) is 48.7 Å². The molecule has 1 N–H and O–H groups in total. The molecule has 0 amide bonds. The van der Waals surface area contributed by atoms with Crippen molar-refractivity contribution in [3.8, 4) is 11.5 Å². The Kier molecular flexibility index (Phi) is 5.64. The summed E-state index contributed by atoms with van der Waals surface area (Å²) < 4.78 is 11.4. The van der Waals surface area contributed by atoms with Crippen molar-refractivity contribution < 1.29 is 14.3 Å². The Morgan fingerprint density at radius 2 is 1.73 bits per heavy atom. The molecule has 0 aliphatic carbocycles. The molecule has 0 saturated heterocycles. The van der Waals surface area contributed by atoms with Gasteiger partial charge in [-0.1, -0.05) is 24.3 Å². The molecule has 2 aliphatic rings. The maximum atomic E-state index is 12.8. The van der Waals surface area contributed by atoms with Crippen LogP contribution in [-0.2, 0) is 0 Å². The second kappa shape index (κ2) is 8.36. The number of ether oxygens (including phenoxy) is 2. The fourth-order valence-electron chi connectivity index (χ4n) is 4.09. The molecular weight excluding hydrogens is 376 g/mol. The Morgan fingerprint density at radius 1 is 1.07 bits per heavy atom. The van der Waals surface area contributed by atoms with Crippen LogP contribution in [0.3, 0.4) is 0 Å². The third-order valence-electron chi connectivity index (χ3n) is 5.67. The Bertz CT molecular complexity index is 1020. The number of carbonyl (C=O) groups excluding carboxylic acids is 1. The van der Waals surface area contributed by atoms with Crippen molar-refractivity contribution in [2.75, 3.05) is 26.8 Å². The van der Waals surface area contributed by atoms with E-state index >= 15 is 0 Å². The zero-order chi connectivity index (χ0) is 21.3. The van der Waals surface area contributed by atoms with Gasteiger partial charge in [0, 0.05) is 18.8 Å². The van der Waals surface area contributed by atoms with Gasteiger partial charge in [-0.05, 0) is 66.8 Å². The van der Waals surface area contributed by atoms with Crippen molar-refractivity contribution in [3.63, 3.8) is 0 Å². The first-order chi connectivity index (χ1) is 14.4. The zero-order valence-corrected chi connectivity index (χ0v) is 18.0. The number of ketones is 1. The second-order valence-corrected chi connectivity index (χ2v) is 7.94. The van der Waals surface area contributed by atoms with E-state index in [0.717, 1.165) is 44.9 Å². The quantitative estimate of drug-likeness (QED) is 0.763. The van der Waals surface area contributed by atoms with Crippen LogP contribution >= 0.6 is 0 Å². The van der Waals surface area contributed by atoms with Crippen LogP contribution in [0, 0.1) is 20.8 Å². The first-order valence-electron chi connectivity index (χ1n) is 10.3. The normalized spacial score (nSPS) is 17.7. The van der Waals surface area contributed by atoms with Crippen molar-refractivity contribution in [1.29, 1.82) is 0 Å². The van der Waals surface area contributed by atoms with Crippen molar-refractivity contribution in [2.24, 2.45) is 0 Å². The number of Topliss-reactive ketones (excluding diaryl/α,β-unsaturated/α-hetero) is 1. The summed E-state index contributed by atoms with van der Waals surface area (Å²) >= 11 is 0. The summed E-state index contributed by atoms with van der Waals surface area (Å²) in [6.07, 6.45) is 6.24. The number of rotatable bonds is 5. The lowest BCUT2D eigenvalue weighted by Crippen LogP contribution is -2.43. The minimum atomic E-state index is -0.0421. The number of nitrogens with zero attached hydrogens (tertiary/aromatic N) is 1. The molecule has 0 aromatic heterocycles. The lowest BCUT2D eigenvalue weighted by Gasteiger charge is -2.30. The molecule has 5 nitrogen and oxygen atoms in total. The van der Waals surface area contributed by atoms with Gasteiger partial charge in [-0.2, -0.15) is 0 Å². The number of likely N-dealkylation sites (N-methyl/N-ethyl adjacent to an activating group) is 1. The summed E-state index contributed by atoms with van der Waals surface area (Å²) in [6.45, 7) is 7.50. The highest BCUT2D eigenvalue weighted by Crippen LogP contribution is 2.36. The standard InChI is InChI=1S/C25H28N2O3/c1-16-6-5-7-17(2)25(16)21(28)14-26-24-9-8-19(15-27(24)4)20-13-23-22(12-18(20)3)29-10-11-30-23/h5-9,12-13,15,24,26H,10-11,14H2,1-4H3. The Hall–Kier alpha value is -3.05. The van der Waals surface area contributed by atoms with Gasteiger partial charge in [-0.25, -0.2) is 0 Å². The van der Waals surface area contributed by atoms with E-state index in [9.17, 15) is 4.79 Å². The van der Waals surface area contributed by atoms with Crippen molar-refractivity contribution in [3.05, 3.63) is 76.5 Å². The second-order valence-electron chi connectivity index (χ2n) is 7.94. The molecular formula is C25H28N2O3. The number of hydrogen-bond donors (Lipinski definition) is 1. The van der Waals surface area contributed by atoms with Crippen LogP contribution in [0.4, 0.5) is 0 Å². The van der Waals surface area contributed by atoms with Gasteiger partial charge >= 0.3 is 0 Å². The number of hydrogen-bond acceptors (Lipinski definition) is 5. The number of carbonyl (C=O) groups is 1. The Morgan fingerprint density at radius 3 is 2.40 bits per heavy atom. The lowest BCUT2D eigenvalue weighted by atomic mass is 9.97. The molecule has 0 bridgehead atoms. The van der Waals surface area contributed by atoms with Gasteiger partial charge in [0.2, 0.25) is 0 Å². The van der Waals surface area contributed by atoms with Crippen molar-refractivity contribution in [1.82, 2.24) is 10.2 Å². The van der Waals surface area contributed by atoms with E-state index in [2.05, 4.69) is 35.5 Å². The molecule has 2 aromatic rings. The number of aryl methyl sites for hydroxylation is 3. The number of allylic oxidation sites excluding steroid dienone is 2. The highest BCUT2D eigenvalue weighted by molar-refractivity contribution is 6.00. The van der Waals surface area contributed by atoms with E-state index in [-0.39, 0.29) is 18.5 Å². The maximum Gasteiger partial charge on any atom is 0.177 e. The van der Waals surface area contributed by atoms with Crippen LogP contribution in [-0.4, -0.2) is 43.7 Å². The van der Waals surface area contributed by atoms with Gasteiger partial charge < -0.3 is 14.4 Å². The first kappa shape index (κ1) is 20.2. The number of fused-ring (bicyclic) bond motifs is 1. The van der Waals surface area contributed by atoms with E-state index in [0.29, 0.717) is 13.2 Å². The third kappa shape index (κ3) is 3.98. The summed E-state index contributed by atoms with van der Waals surface area (Å²) in [7, 11) is 2.01. The summed E-state index contributed by atoms with van der Waals surface area (Å²) in [6, 6.07) is 10.0. The van der Waals surface area contributed by atoms with E-state index in [1.54, 1.807) is 0 Å². The van der Waals surface area contributed by atoms with Crippen LogP contribution in [0.25, 0.3) is 5.57 Å². The van der Waals surface area contributed by atoms with Crippen molar-refractivity contribution >= 4 is 11.4 Å². The van der Waals surface area contributed by atoms with Gasteiger partial charge in [0.05, 0.1) is 12.7 Å². The lowest BCUT2D eigenvalue weighted by molar-refractivity contribution is 0.0981. The summed E-state index contributed by atoms with van der Waals surface area (Å²) in [4.78, 5) is 14.8. The van der Waals surface area contributed by atoms with Crippen LogP contribution in [0.5, 0.6) is 11.5 Å². The van der Waals surface area contributed by atoms with Crippen LogP contribution < -0.4 is 14.8 Å². The molecule has 1 atom stereocenters. The molecule has 156 valence electrons. The smallest absolute Gasteiger partial charge is 0.177 e. The molecule has 4 rings (SSSR count). The average molecular weight is 405 g/mol. The van der Waals surface area contributed by atoms with Crippen LogP contribution in [0.2, 0.25) is 0 Å². The van der Waals surface area contributed by atoms with E-state index in [1.165, 1.54) is 0 Å². The molecule has 2 aliphatic heterocycles. The summed E-state index contributed by atoms with van der Waals surface area (Å²) in [5.41, 5.74) is 6.21. The first-order valence-corrected chi connectivity index (χ1v) is 10.3. The highest BCUT2D eigenvalue weighted by Gasteiger charge is 2.20. The zero-order valence-electron chi connectivity index (χ0n) is 18.0. The molecule has 1 unspecified atom stereocenters. The minimum absolute atomic E-state index is 0.0421. The third-order valence-corrected chi connectivity index (χ3v) is 5.67. The fourth-order valence-corrected chi connectivity index (χ4v) is 4.09. The van der Waals surface area contributed by atoms with Crippen molar-refractivity contribution in [2.45, 2.75) is 26.9 Å². The Labute approximate surface area is 178 Å². The molecule has 5 heteroatoms. The highest BCUT2D eigenvalue weighted by atomic mass is 16.6. The predicted octanol–water partition coefficient (Wildman–Crippen LogP) is 4.02. The van der Waals surface area contributed by atoms with Gasteiger partial charge in [0.25, 0.3) is 0 Å². The predicted molar refractivity (Wildman–Crippen MR) is 119 cm³/mol. The number of benzene rings is 2. The molecule has 2 aromatic carbocycles. The van der Waals surface area contributed by atoms with E-state index in [4.69, 9.17) is 9.47 Å². The number of nitrogens with one attached hydrogen (secondary N) is 1. The van der Waals surface area contributed by atoms with E-state index < -0.39 is 0 Å². The average Bonchev–Trinajstić information content (AvgIpc) is 2.72. The Balaban J connectivity index is 1.46. The summed E-state index contributed by atoms with van der Waals surface area (Å²) in [5.74, 6) is 1.71. The van der Waals surface area contributed by atoms with Gasteiger partial charge in [0.15, 0.2) is 17.3 Å². The van der Waals surface area contributed by atoms with E-state index in [1.807, 2.05) is 51.2 Å². The molecule has 0 fully saturated rings.